The number of imide groups is 1. The summed E-state index contributed by atoms with van der Waals surface area (Å²) in [6.45, 7) is 0.269. The van der Waals surface area contributed by atoms with Crippen molar-refractivity contribution in [3.63, 3.8) is 0 Å². The highest BCUT2D eigenvalue weighted by atomic mass is 32.1. The number of fused-ring (bicyclic) bond motifs is 1. The number of aromatic nitrogens is 1. The van der Waals surface area contributed by atoms with Crippen molar-refractivity contribution in [2.75, 3.05) is 0 Å². The van der Waals surface area contributed by atoms with E-state index in [1.54, 1.807) is 41.8 Å². The number of thiazole rings is 1. The van der Waals surface area contributed by atoms with E-state index < -0.39 is 0 Å². The van der Waals surface area contributed by atoms with E-state index in [0.29, 0.717) is 11.1 Å². The first-order chi connectivity index (χ1) is 11.2. The number of hydrogen-bond donors (Lipinski definition) is 0. The summed E-state index contributed by atoms with van der Waals surface area (Å²) >= 11 is 1.56. The number of hydrogen-bond acceptors (Lipinski definition) is 4. The molecule has 0 radical (unpaired) electrons. The van der Waals surface area contributed by atoms with Crippen molar-refractivity contribution in [1.82, 2.24) is 9.88 Å². The lowest BCUT2D eigenvalue weighted by Crippen LogP contribution is -2.29. The summed E-state index contributed by atoms with van der Waals surface area (Å²) in [6.07, 6.45) is 1.76. The van der Waals surface area contributed by atoms with Crippen molar-refractivity contribution in [1.29, 1.82) is 0 Å². The highest BCUT2D eigenvalue weighted by Gasteiger charge is 2.34. The molecular formula is C18H12N2O2S. The molecule has 0 saturated carbocycles. The van der Waals surface area contributed by atoms with Gasteiger partial charge in [-0.2, -0.15) is 0 Å². The van der Waals surface area contributed by atoms with Crippen molar-refractivity contribution in [3.05, 3.63) is 76.8 Å². The molecule has 0 spiro atoms. The van der Waals surface area contributed by atoms with Crippen LogP contribution in [0.1, 0.15) is 26.3 Å². The zero-order valence-electron chi connectivity index (χ0n) is 12.1. The van der Waals surface area contributed by atoms with Gasteiger partial charge in [-0.05, 0) is 23.8 Å². The van der Waals surface area contributed by atoms with Crippen LogP contribution in [0.3, 0.4) is 0 Å². The van der Waals surface area contributed by atoms with Crippen LogP contribution in [0.2, 0.25) is 0 Å². The van der Waals surface area contributed by atoms with E-state index >= 15 is 0 Å². The number of benzene rings is 2. The molecule has 0 aliphatic carbocycles. The van der Waals surface area contributed by atoms with Gasteiger partial charge in [0.1, 0.15) is 5.01 Å². The summed E-state index contributed by atoms with van der Waals surface area (Å²) in [4.78, 5) is 30.4. The van der Waals surface area contributed by atoms with E-state index in [-0.39, 0.29) is 18.4 Å². The standard InChI is InChI=1S/C18H12N2O2S/c21-17-14-6-1-2-7-15(14)18(22)20(17)11-12-4-3-5-13(10-12)16-19-8-9-23-16/h1-10H,11H2. The monoisotopic (exact) mass is 320 g/mol. The minimum absolute atomic E-state index is 0.231. The van der Waals surface area contributed by atoms with Crippen LogP contribution in [0, 0.1) is 0 Å². The maximum Gasteiger partial charge on any atom is 0.261 e. The Morgan fingerprint density at radius 1 is 0.957 bits per heavy atom. The third-order valence-electron chi connectivity index (χ3n) is 3.83. The summed E-state index contributed by atoms with van der Waals surface area (Å²) in [7, 11) is 0. The van der Waals surface area contributed by atoms with Gasteiger partial charge in [0.05, 0.1) is 17.7 Å². The minimum Gasteiger partial charge on any atom is -0.270 e. The highest BCUT2D eigenvalue weighted by molar-refractivity contribution is 7.13. The fourth-order valence-corrected chi connectivity index (χ4v) is 3.37. The molecule has 23 heavy (non-hydrogen) atoms. The first-order valence-corrected chi connectivity index (χ1v) is 8.06. The Labute approximate surface area is 137 Å². The van der Waals surface area contributed by atoms with Crippen molar-refractivity contribution >= 4 is 23.2 Å². The normalized spacial score (nSPS) is 13.5. The molecule has 5 heteroatoms. The van der Waals surface area contributed by atoms with Crippen molar-refractivity contribution in [2.45, 2.75) is 6.54 Å². The molecule has 0 saturated heterocycles. The number of amides is 2. The zero-order valence-corrected chi connectivity index (χ0v) is 12.9. The Morgan fingerprint density at radius 2 is 1.70 bits per heavy atom. The first kappa shape index (κ1) is 13.8. The van der Waals surface area contributed by atoms with E-state index in [4.69, 9.17) is 0 Å². The Hall–Kier alpha value is -2.79. The Kier molecular flexibility index (Phi) is 3.28. The second-order valence-electron chi connectivity index (χ2n) is 5.28. The molecule has 2 heterocycles. The van der Waals surface area contributed by atoms with E-state index in [9.17, 15) is 9.59 Å². The number of nitrogens with zero attached hydrogens (tertiary/aromatic N) is 2. The summed E-state index contributed by atoms with van der Waals surface area (Å²) in [5, 5.41) is 2.85. The molecule has 0 bridgehead atoms. The average Bonchev–Trinajstić information content (AvgIpc) is 3.20. The Morgan fingerprint density at radius 3 is 2.35 bits per heavy atom. The molecule has 0 unspecified atom stereocenters. The molecule has 4 rings (SSSR count). The lowest BCUT2D eigenvalue weighted by molar-refractivity contribution is 0.0642. The van der Waals surface area contributed by atoms with Crippen LogP contribution in [-0.4, -0.2) is 21.7 Å². The maximum absolute atomic E-state index is 12.4. The lowest BCUT2D eigenvalue weighted by Gasteiger charge is -2.14. The van der Waals surface area contributed by atoms with E-state index in [1.807, 2.05) is 29.6 Å². The predicted molar refractivity (Wildman–Crippen MR) is 88.2 cm³/mol. The zero-order chi connectivity index (χ0) is 15.8. The van der Waals surface area contributed by atoms with Crippen molar-refractivity contribution in [3.8, 4) is 10.6 Å². The summed E-state index contributed by atoms with van der Waals surface area (Å²) < 4.78 is 0. The fourth-order valence-electron chi connectivity index (χ4n) is 2.73. The van der Waals surface area contributed by atoms with Crippen molar-refractivity contribution in [2.24, 2.45) is 0 Å². The van der Waals surface area contributed by atoms with Crippen LogP contribution >= 0.6 is 11.3 Å². The van der Waals surface area contributed by atoms with Gasteiger partial charge >= 0.3 is 0 Å². The van der Waals surface area contributed by atoms with Gasteiger partial charge in [0, 0.05) is 17.1 Å². The molecule has 3 aromatic rings. The number of carbonyl (C=O) groups excluding carboxylic acids is 2. The summed E-state index contributed by atoms with van der Waals surface area (Å²) in [5.41, 5.74) is 2.86. The van der Waals surface area contributed by atoms with Crippen LogP contribution in [0.15, 0.2) is 60.1 Å². The van der Waals surface area contributed by atoms with Gasteiger partial charge in [-0.3, -0.25) is 14.5 Å². The fraction of sp³-hybridized carbons (Fsp3) is 0.0556. The van der Waals surface area contributed by atoms with Gasteiger partial charge in [0.2, 0.25) is 0 Å². The van der Waals surface area contributed by atoms with Crippen molar-refractivity contribution < 1.29 is 9.59 Å². The Balaban J connectivity index is 1.64. The van der Waals surface area contributed by atoms with Crippen LogP contribution in [0.4, 0.5) is 0 Å². The average molecular weight is 320 g/mol. The molecule has 4 nitrogen and oxygen atoms in total. The lowest BCUT2D eigenvalue weighted by atomic mass is 10.1. The molecule has 112 valence electrons. The molecular weight excluding hydrogens is 308 g/mol. The van der Waals surface area contributed by atoms with Gasteiger partial charge in [0.15, 0.2) is 0 Å². The maximum atomic E-state index is 12.4. The highest BCUT2D eigenvalue weighted by Crippen LogP contribution is 2.26. The van der Waals surface area contributed by atoms with Crippen LogP contribution in [0.5, 0.6) is 0 Å². The second kappa shape index (κ2) is 5.44. The quantitative estimate of drug-likeness (QED) is 0.693. The predicted octanol–water partition coefficient (Wildman–Crippen LogP) is 3.61. The minimum atomic E-state index is -0.231. The summed E-state index contributed by atoms with van der Waals surface area (Å²) in [5.74, 6) is -0.462. The third-order valence-corrected chi connectivity index (χ3v) is 4.65. The molecule has 0 atom stereocenters. The van der Waals surface area contributed by atoms with Gasteiger partial charge < -0.3 is 0 Å². The second-order valence-corrected chi connectivity index (χ2v) is 6.17. The van der Waals surface area contributed by atoms with Gasteiger partial charge in [-0.1, -0.05) is 30.3 Å². The van der Waals surface area contributed by atoms with E-state index in [2.05, 4.69) is 4.98 Å². The van der Waals surface area contributed by atoms with Crippen LogP contribution < -0.4 is 0 Å². The van der Waals surface area contributed by atoms with Crippen LogP contribution in [-0.2, 0) is 6.54 Å². The van der Waals surface area contributed by atoms with Gasteiger partial charge in [0.25, 0.3) is 11.8 Å². The molecule has 2 amide bonds. The molecule has 1 aromatic heterocycles. The molecule has 1 aliphatic rings. The topological polar surface area (TPSA) is 50.3 Å². The SMILES string of the molecule is O=C1c2ccccc2C(=O)N1Cc1cccc(-c2nccs2)c1. The number of carbonyl (C=O) groups is 2. The molecule has 0 N–H and O–H groups in total. The smallest absolute Gasteiger partial charge is 0.261 e. The van der Waals surface area contributed by atoms with E-state index in [1.165, 1.54) is 4.90 Å². The summed E-state index contributed by atoms with van der Waals surface area (Å²) in [6, 6.07) is 14.7. The largest absolute Gasteiger partial charge is 0.270 e. The van der Waals surface area contributed by atoms with Gasteiger partial charge in [-0.25, -0.2) is 4.98 Å². The first-order valence-electron chi connectivity index (χ1n) is 7.18. The Bertz CT molecular complexity index is 868. The van der Waals surface area contributed by atoms with Crippen LogP contribution in [0.25, 0.3) is 10.6 Å². The van der Waals surface area contributed by atoms with E-state index in [0.717, 1.165) is 16.1 Å². The molecule has 2 aromatic carbocycles. The van der Waals surface area contributed by atoms with Gasteiger partial charge in [-0.15, -0.1) is 11.3 Å². The molecule has 0 fully saturated rings. The number of rotatable bonds is 3. The molecule has 1 aliphatic heterocycles. The third kappa shape index (κ3) is 2.35.